The van der Waals surface area contributed by atoms with E-state index >= 15 is 0 Å². The number of carbonyl (C=O) groups is 1. The molecule has 1 heterocycles. The number of nitrogens with zero attached hydrogens (tertiary/aromatic N) is 3. The summed E-state index contributed by atoms with van der Waals surface area (Å²) in [7, 11) is 0. The number of aryl methyl sites for hydroxylation is 2. The van der Waals surface area contributed by atoms with Crippen molar-refractivity contribution in [3.05, 3.63) is 66.2 Å². The smallest absolute Gasteiger partial charge is 0.234 e. The third kappa shape index (κ3) is 5.30. The van der Waals surface area contributed by atoms with Crippen LogP contribution >= 0.6 is 11.8 Å². The lowest BCUT2D eigenvalue weighted by Crippen LogP contribution is -2.15. The molecule has 2 aromatic carbocycles. The van der Waals surface area contributed by atoms with Gasteiger partial charge in [-0.3, -0.25) is 9.36 Å². The van der Waals surface area contributed by atoms with Crippen LogP contribution in [0, 0.1) is 13.8 Å². The summed E-state index contributed by atoms with van der Waals surface area (Å²) in [5.41, 5.74) is 3.97. The van der Waals surface area contributed by atoms with Crippen molar-refractivity contribution in [3.8, 4) is 17.1 Å². The molecule has 0 aliphatic carbocycles. The minimum absolute atomic E-state index is 0.0808. The summed E-state index contributed by atoms with van der Waals surface area (Å²) in [5, 5.41) is 12.3. The Balaban J connectivity index is 1.71. The molecular weight excluding hydrogens is 396 g/mol. The van der Waals surface area contributed by atoms with E-state index in [9.17, 15) is 4.79 Å². The van der Waals surface area contributed by atoms with Crippen molar-refractivity contribution in [2.45, 2.75) is 32.5 Å². The number of aromatic nitrogens is 3. The maximum absolute atomic E-state index is 12.4. The van der Waals surface area contributed by atoms with Crippen LogP contribution in [0.3, 0.4) is 0 Å². The van der Waals surface area contributed by atoms with Crippen LogP contribution in [-0.4, -0.2) is 33.0 Å². The lowest BCUT2D eigenvalue weighted by atomic mass is 10.1. The molecule has 1 N–H and O–H groups in total. The summed E-state index contributed by atoms with van der Waals surface area (Å²) in [6.07, 6.45) is 1.79. The normalized spacial score (nSPS) is 10.6. The second-order valence-electron chi connectivity index (χ2n) is 6.82. The van der Waals surface area contributed by atoms with Crippen LogP contribution in [0.25, 0.3) is 11.4 Å². The number of benzene rings is 2. The lowest BCUT2D eigenvalue weighted by Gasteiger charge is -2.10. The molecule has 1 amide bonds. The van der Waals surface area contributed by atoms with Gasteiger partial charge in [-0.25, -0.2) is 0 Å². The average Bonchev–Trinajstić information content (AvgIpc) is 3.12. The highest BCUT2D eigenvalue weighted by atomic mass is 32.2. The second-order valence-corrected chi connectivity index (χ2v) is 7.76. The van der Waals surface area contributed by atoms with Gasteiger partial charge in [0, 0.05) is 17.8 Å². The van der Waals surface area contributed by atoms with E-state index in [0.717, 1.165) is 28.4 Å². The van der Waals surface area contributed by atoms with Gasteiger partial charge in [-0.2, -0.15) is 0 Å². The number of hydrogen-bond donors (Lipinski definition) is 1. The van der Waals surface area contributed by atoms with Crippen LogP contribution in [0.2, 0.25) is 0 Å². The molecule has 0 atom stereocenters. The van der Waals surface area contributed by atoms with Crippen LogP contribution in [0.5, 0.6) is 5.75 Å². The number of rotatable bonds is 9. The maximum atomic E-state index is 12.4. The topological polar surface area (TPSA) is 69.0 Å². The number of ether oxygens (including phenoxy) is 1. The first-order valence-corrected chi connectivity index (χ1v) is 10.8. The first-order chi connectivity index (χ1) is 14.5. The van der Waals surface area contributed by atoms with Crippen LogP contribution < -0.4 is 10.1 Å². The first-order valence-electron chi connectivity index (χ1n) is 9.79. The van der Waals surface area contributed by atoms with Gasteiger partial charge >= 0.3 is 0 Å². The van der Waals surface area contributed by atoms with Gasteiger partial charge in [0.15, 0.2) is 11.0 Å². The van der Waals surface area contributed by atoms with Crippen molar-refractivity contribution < 1.29 is 9.53 Å². The van der Waals surface area contributed by atoms with E-state index in [2.05, 4.69) is 22.1 Å². The minimum Gasteiger partial charge on any atom is -0.494 e. The van der Waals surface area contributed by atoms with Crippen molar-refractivity contribution in [2.24, 2.45) is 0 Å². The standard InChI is InChI=1S/C23H26N4O2S/c1-5-13-27-22(18-8-10-19(11-9-18)29-6-2)25-26-23(27)30-15-21(28)24-20-12-7-16(3)14-17(20)4/h5,7-12,14H,1,6,13,15H2,2-4H3,(H,24,28). The van der Waals surface area contributed by atoms with E-state index in [1.54, 1.807) is 6.08 Å². The van der Waals surface area contributed by atoms with Crippen molar-refractivity contribution in [2.75, 3.05) is 17.7 Å². The summed E-state index contributed by atoms with van der Waals surface area (Å²) >= 11 is 1.35. The molecule has 1 aromatic heterocycles. The molecule has 0 bridgehead atoms. The highest BCUT2D eigenvalue weighted by molar-refractivity contribution is 7.99. The molecule has 0 unspecified atom stereocenters. The average molecular weight is 423 g/mol. The van der Waals surface area contributed by atoms with Gasteiger partial charge in [-0.05, 0) is 56.7 Å². The van der Waals surface area contributed by atoms with E-state index in [1.165, 1.54) is 17.3 Å². The van der Waals surface area contributed by atoms with Crippen molar-refractivity contribution >= 4 is 23.4 Å². The largest absolute Gasteiger partial charge is 0.494 e. The molecule has 7 heteroatoms. The number of anilines is 1. The van der Waals surface area contributed by atoms with Gasteiger partial charge in [-0.15, -0.1) is 16.8 Å². The van der Waals surface area contributed by atoms with E-state index in [0.29, 0.717) is 18.3 Å². The van der Waals surface area contributed by atoms with Crippen molar-refractivity contribution in [1.82, 2.24) is 14.8 Å². The van der Waals surface area contributed by atoms with E-state index in [-0.39, 0.29) is 11.7 Å². The predicted octanol–water partition coefficient (Wildman–Crippen LogP) is 4.88. The van der Waals surface area contributed by atoms with Gasteiger partial charge in [0.2, 0.25) is 5.91 Å². The molecule has 3 aromatic rings. The molecule has 3 rings (SSSR count). The predicted molar refractivity (Wildman–Crippen MR) is 122 cm³/mol. The number of amides is 1. The van der Waals surface area contributed by atoms with E-state index in [4.69, 9.17) is 4.74 Å². The Hall–Kier alpha value is -3.06. The number of hydrogen-bond acceptors (Lipinski definition) is 5. The fourth-order valence-corrected chi connectivity index (χ4v) is 3.79. The number of thioether (sulfide) groups is 1. The zero-order chi connectivity index (χ0) is 21.5. The highest BCUT2D eigenvalue weighted by Crippen LogP contribution is 2.26. The number of nitrogens with one attached hydrogen (secondary N) is 1. The summed E-state index contributed by atoms with van der Waals surface area (Å²) in [6, 6.07) is 13.7. The van der Waals surface area contributed by atoms with Crippen molar-refractivity contribution in [1.29, 1.82) is 0 Å². The van der Waals surface area contributed by atoms with Gasteiger partial charge < -0.3 is 10.1 Å². The first kappa shape index (κ1) is 21.6. The summed E-state index contributed by atoms with van der Waals surface area (Å²) in [5.74, 6) is 1.71. The summed E-state index contributed by atoms with van der Waals surface area (Å²) in [6.45, 7) is 11.0. The monoisotopic (exact) mass is 422 g/mol. The van der Waals surface area contributed by atoms with Gasteiger partial charge in [0.05, 0.1) is 12.4 Å². The second kappa shape index (κ2) is 10.1. The SMILES string of the molecule is C=CCn1c(SCC(=O)Nc2ccc(C)cc2C)nnc1-c1ccc(OCC)cc1. The molecule has 0 aliphatic heterocycles. The molecule has 0 saturated carbocycles. The Morgan fingerprint density at radius 2 is 1.97 bits per heavy atom. The van der Waals surface area contributed by atoms with Gasteiger partial charge in [0.25, 0.3) is 0 Å². The van der Waals surface area contributed by atoms with E-state index < -0.39 is 0 Å². The Kier molecular flexibility index (Phi) is 7.30. The molecule has 0 spiro atoms. The van der Waals surface area contributed by atoms with E-state index in [1.807, 2.05) is 67.8 Å². The Morgan fingerprint density at radius 1 is 1.20 bits per heavy atom. The lowest BCUT2D eigenvalue weighted by molar-refractivity contribution is -0.113. The number of allylic oxidation sites excluding steroid dienone is 1. The third-order valence-corrected chi connectivity index (χ3v) is 5.41. The highest BCUT2D eigenvalue weighted by Gasteiger charge is 2.15. The molecule has 0 aliphatic rings. The Morgan fingerprint density at radius 3 is 2.63 bits per heavy atom. The summed E-state index contributed by atoms with van der Waals surface area (Å²) < 4.78 is 7.46. The van der Waals surface area contributed by atoms with Crippen LogP contribution in [0.1, 0.15) is 18.1 Å². The molecule has 30 heavy (non-hydrogen) atoms. The molecule has 0 radical (unpaired) electrons. The molecule has 0 fully saturated rings. The fraction of sp³-hybridized carbons (Fsp3) is 0.261. The van der Waals surface area contributed by atoms with Crippen LogP contribution in [-0.2, 0) is 11.3 Å². The fourth-order valence-electron chi connectivity index (χ4n) is 3.04. The van der Waals surface area contributed by atoms with Crippen LogP contribution in [0.15, 0.2) is 60.3 Å². The minimum atomic E-state index is -0.0808. The Bertz CT molecular complexity index is 1030. The summed E-state index contributed by atoms with van der Waals surface area (Å²) in [4.78, 5) is 12.4. The number of carbonyl (C=O) groups excluding carboxylic acids is 1. The van der Waals surface area contributed by atoms with Crippen LogP contribution in [0.4, 0.5) is 5.69 Å². The maximum Gasteiger partial charge on any atom is 0.234 e. The molecular formula is C23H26N4O2S. The molecule has 6 nitrogen and oxygen atoms in total. The zero-order valence-electron chi connectivity index (χ0n) is 17.5. The molecule has 0 saturated heterocycles. The zero-order valence-corrected chi connectivity index (χ0v) is 18.3. The van der Waals surface area contributed by atoms with Crippen molar-refractivity contribution in [3.63, 3.8) is 0 Å². The quantitative estimate of drug-likeness (QED) is 0.393. The molecule has 156 valence electrons. The van der Waals surface area contributed by atoms with Gasteiger partial charge in [-0.1, -0.05) is 35.5 Å². The van der Waals surface area contributed by atoms with Gasteiger partial charge in [0.1, 0.15) is 5.75 Å². The Labute approximate surface area is 181 Å². The third-order valence-electron chi connectivity index (χ3n) is 4.44.